The third-order valence-corrected chi connectivity index (χ3v) is 1.22. The number of ether oxygens (including phenoxy) is 1. The first-order chi connectivity index (χ1) is 5.33. The van der Waals surface area contributed by atoms with Crippen LogP contribution in [0.15, 0.2) is 24.3 Å². The zero-order valence-electron chi connectivity index (χ0n) is 5.75. The Bertz CT molecular complexity index is 262. The predicted octanol–water partition coefficient (Wildman–Crippen LogP) is 1.82. The highest BCUT2D eigenvalue weighted by Gasteiger charge is 1.92. The molecule has 0 unspecified atom stereocenters. The van der Waals surface area contributed by atoms with E-state index in [9.17, 15) is 4.39 Å². The molecule has 11 heavy (non-hydrogen) atoms. The maximum atomic E-state index is 12.3. The van der Waals surface area contributed by atoms with Crippen LogP contribution in [0, 0.1) is 17.3 Å². The first-order valence-electron chi connectivity index (χ1n) is 3.08. The molecule has 3 heteroatoms. The van der Waals surface area contributed by atoms with Gasteiger partial charge in [-0.3, -0.25) is 0 Å². The average molecular weight is 151 g/mol. The van der Waals surface area contributed by atoms with Crippen LogP contribution >= 0.6 is 0 Å². The van der Waals surface area contributed by atoms with E-state index in [1.165, 1.54) is 18.4 Å². The first-order valence-corrected chi connectivity index (χ1v) is 3.08. The lowest BCUT2D eigenvalue weighted by Crippen LogP contribution is -1.86. The standard InChI is InChI=1S/C8H6FNO/c9-8-3-1-7(2-4-8)5-11-6-10/h1-4H,5H2. The minimum atomic E-state index is -0.286. The van der Waals surface area contributed by atoms with Crippen molar-refractivity contribution in [2.24, 2.45) is 0 Å². The van der Waals surface area contributed by atoms with Crippen LogP contribution in [0.25, 0.3) is 0 Å². The van der Waals surface area contributed by atoms with Gasteiger partial charge in [0.05, 0.1) is 0 Å². The van der Waals surface area contributed by atoms with Crippen molar-refractivity contribution in [1.29, 1.82) is 5.26 Å². The fraction of sp³-hybridized carbons (Fsp3) is 0.125. The molecule has 1 rings (SSSR count). The van der Waals surface area contributed by atoms with Crippen LogP contribution in [0.3, 0.4) is 0 Å². The zero-order chi connectivity index (χ0) is 8.10. The van der Waals surface area contributed by atoms with Gasteiger partial charge >= 0.3 is 0 Å². The lowest BCUT2D eigenvalue weighted by molar-refractivity contribution is 0.257. The Hall–Kier alpha value is -1.56. The van der Waals surface area contributed by atoms with Crippen LogP contribution in [0.1, 0.15) is 5.56 Å². The second-order valence-electron chi connectivity index (χ2n) is 2.01. The average Bonchev–Trinajstić information content (AvgIpc) is 2.04. The van der Waals surface area contributed by atoms with Crippen molar-refractivity contribution in [1.82, 2.24) is 0 Å². The Morgan fingerprint density at radius 1 is 1.36 bits per heavy atom. The number of nitriles is 1. The van der Waals surface area contributed by atoms with Crippen molar-refractivity contribution in [3.8, 4) is 6.26 Å². The van der Waals surface area contributed by atoms with Crippen LogP contribution in [-0.4, -0.2) is 0 Å². The highest BCUT2D eigenvalue weighted by atomic mass is 19.1. The Morgan fingerprint density at radius 3 is 2.55 bits per heavy atom. The third kappa shape index (κ3) is 2.26. The second kappa shape index (κ2) is 3.57. The van der Waals surface area contributed by atoms with E-state index in [0.29, 0.717) is 0 Å². The number of hydrogen-bond acceptors (Lipinski definition) is 2. The van der Waals surface area contributed by atoms with Gasteiger partial charge in [-0.2, -0.15) is 5.26 Å². The Morgan fingerprint density at radius 2 is 2.00 bits per heavy atom. The minimum Gasteiger partial charge on any atom is -0.423 e. The van der Waals surface area contributed by atoms with Gasteiger partial charge in [-0.15, -0.1) is 0 Å². The minimum absolute atomic E-state index is 0.205. The second-order valence-corrected chi connectivity index (χ2v) is 2.01. The Balaban J connectivity index is 2.60. The summed E-state index contributed by atoms with van der Waals surface area (Å²) in [5.41, 5.74) is 0.785. The molecule has 0 saturated carbocycles. The first kappa shape index (κ1) is 7.55. The van der Waals surface area contributed by atoms with Gasteiger partial charge < -0.3 is 4.74 Å². The Kier molecular flexibility index (Phi) is 2.45. The van der Waals surface area contributed by atoms with Crippen molar-refractivity contribution in [3.05, 3.63) is 35.6 Å². The fourth-order valence-corrected chi connectivity index (χ4v) is 0.696. The highest BCUT2D eigenvalue weighted by molar-refractivity contribution is 5.15. The smallest absolute Gasteiger partial charge is 0.286 e. The van der Waals surface area contributed by atoms with E-state index < -0.39 is 0 Å². The summed E-state index contributed by atoms with van der Waals surface area (Å²) in [4.78, 5) is 0. The molecule has 0 bridgehead atoms. The number of halogens is 1. The number of nitrogens with zero attached hydrogens (tertiary/aromatic N) is 1. The van der Waals surface area contributed by atoms with E-state index in [1.54, 1.807) is 12.1 Å². The molecule has 0 aliphatic rings. The van der Waals surface area contributed by atoms with Gasteiger partial charge in [0, 0.05) is 0 Å². The van der Waals surface area contributed by atoms with E-state index >= 15 is 0 Å². The SMILES string of the molecule is N#COCc1ccc(F)cc1. The molecule has 0 aromatic heterocycles. The van der Waals surface area contributed by atoms with Crippen LogP contribution < -0.4 is 0 Å². The van der Waals surface area contributed by atoms with Gasteiger partial charge in [0.1, 0.15) is 12.4 Å². The van der Waals surface area contributed by atoms with Gasteiger partial charge in [-0.1, -0.05) is 12.1 Å². The molecule has 0 aliphatic heterocycles. The largest absolute Gasteiger partial charge is 0.423 e. The van der Waals surface area contributed by atoms with E-state index in [2.05, 4.69) is 4.74 Å². The predicted molar refractivity (Wildman–Crippen MR) is 36.8 cm³/mol. The van der Waals surface area contributed by atoms with Crippen molar-refractivity contribution in [2.75, 3.05) is 0 Å². The monoisotopic (exact) mass is 151 g/mol. The molecule has 56 valence electrons. The van der Waals surface area contributed by atoms with E-state index in [0.717, 1.165) is 5.56 Å². The summed E-state index contributed by atoms with van der Waals surface area (Å²) in [6.45, 7) is 0.205. The summed E-state index contributed by atoms with van der Waals surface area (Å²) in [5.74, 6) is -0.286. The maximum Gasteiger partial charge on any atom is 0.286 e. The molecule has 2 nitrogen and oxygen atoms in total. The van der Waals surface area contributed by atoms with Crippen LogP contribution in [0.4, 0.5) is 4.39 Å². The summed E-state index contributed by atoms with van der Waals surface area (Å²) in [6.07, 6.45) is 1.54. The molecule has 0 amide bonds. The molecule has 0 atom stereocenters. The molecule has 0 aliphatic carbocycles. The summed E-state index contributed by atoms with van der Waals surface area (Å²) < 4.78 is 16.7. The van der Waals surface area contributed by atoms with Crippen LogP contribution in [0.5, 0.6) is 0 Å². The summed E-state index contributed by atoms with van der Waals surface area (Å²) in [7, 11) is 0. The van der Waals surface area contributed by atoms with Crippen molar-refractivity contribution < 1.29 is 9.13 Å². The van der Waals surface area contributed by atoms with Gasteiger partial charge in [0.2, 0.25) is 0 Å². The molecule has 1 aromatic rings. The zero-order valence-corrected chi connectivity index (χ0v) is 5.75. The van der Waals surface area contributed by atoms with Crippen LogP contribution in [0.2, 0.25) is 0 Å². The van der Waals surface area contributed by atoms with Gasteiger partial charge in [-0.05, 0) is 17.7 Å². The van der Waals surface area contributed by atoms with Crippen molar-refractivity contribution >= 4 is 0 Å². The molecule has 0 radical (unpaired) electrons. The van der Waals surface area contributed by atoms with Crippen LogP contribution in [-0.2, 0) is 11.3 Å². The molecule has 0 fully saturated rings. The van der Waals surface area contributed by atoms with Gasteiger partial charge in [0.25, 0.3) is 6.26 Å². The Labute approximate surface area is 63.8 Å². The third-order valence-electron chi connectivity index (χ3n) is 1.22. The molecular weight excluding hydrogens is 145 g/mol. The molecule has 0 N–H and O–H groups in total. The lowest BCUT2D eigenvalue weighted by atomic mass is 10.2. The fourth-order valence-electron chi connectivity index (χ4n) is 0.696. The van der Waals surface area contributed by atoms with Gasteiger partial charge in [0.15, 0.2) is 0 Å². The maximum absolute atomic E-state index is 12.3. The normalized spacial score (nSPS) is 8.73. The molecule has 0 spiro atoms. The number of hydrogen-bond donors (Lipinski definition) is 0. The van der Waals surface area contributed by atoms with Crippen molar-refractivity contribution in [2.45, 2.75) is 6.61 Å². The molecule has 0 saturated heterocycles. The van der Waals surface area contributed by atoms with E-state index in [-0.39, 0.29) is 12.4 Å². The quantitative estimate of drug-likeness (QED) is 0.604. The highest BCUT2D eigenvalue weighted by Crippen LogP contribution is 2.03. The number of rotatable bonds is 2. The summed E-state index contributed by atoms with van der Waals surface area (Å²) in [5, 5.41) is 8.04. The van der Waals surface area contributed by atoms with Crippen molar-refractivity contribution in [3.63, 3.8) is 0 Å². The molecule has 0 heterocycles. The summed E-state index contributed by atoms with van der Waals surface area (Å²) in [6, 6.07) is 5.81. The lowest BCUT2D eigenvalue weighted by Gasteiger charge is -1.95. The molecular formula is C8H6FNO. The topological polar surface area (TPSA) is 33.0 Å². The molecule has 1 aromatic carbocycles. The summed E-state index contributed by atoms with van der Waals surface area (Å²) >= 11 is 0. The van der Waals surface area contributed by atoms with Gasteiger partial charge in [-0.25, -0.2) is 4.39 Å². The van der Waals surface area contributed by atoms with E-state index in [4.69, 9.17) is 5.26 Å². The van der Waals surface area contributed by atoms with E-state index in [1.807, 2.05) is 0 Å². The number of benzene rings is 1.